The van der Waals surface area contributed by atoms with Gasteiger partial charge in [0.15, 0.2) is 0 Å². The second-order valence-corrected chi connectivity index (χ2v) is 4.93. The van der Waals surface area contributed by atoms with Crippen molar-refractivity contribution < 1.29 is 14.6 Å². The number of rotatable bonds is 4. The van der Waals surface area contributed by atoms with Gasteiger partial charge in [0.2, 0.25) is 0 Å². The smallest absolute Gasteiger partial charge is 0.0943 e. The molecular formula is C11H21NO3. The fourth-order valence-electron chi connectivity index (χ4n) is 2.62. The molecule has 1 unspecified atom stereocenters. The molecule has 0 amide bonds. The number of nitrogens with one attached hydrogen (secondary N) is 1. The fourth-order valence-corrected chi connectivity index (χ4v) is 2.62. The highest BCUT2D eigenvalue weighted by Gasteiger charge is 2.45. The third-order valence-electron chi connectivity index (χ3n) is 3.40. The Kier molecular flexibility index (Phi) is 3.30. The molecule has 0 aromatic rings. The lowest BCUT2D eigenvalue weighted by molar-refractivity contribution is -0.162. The van der Waals surface area contributed by atoms with E-state index in [0.717, 1.165) is 19.4 Å². The van der Waals surface area contributed by atoms with E-state index < -0.39 is 5.60 Å². The van der Waals surface area contributed by atoms with Crippen LogP contribution >= 0.6 is 0 Å². The van der Waals surface area contributed by atoms with Crippen molar-refractivity contribution in [3.63, 3.8) is 0 Å². The normalized spacial score (nSPS) is 34.8. The van der Waals surface area contributed by atoms with Gasteiger partial charge < -0.3 is 19.9 Å². The fraction of sp³-hybridized carbons (Fsp3) is 1.00. The summed E-state index contributed by atoms with van der Waals surface area (Å²) >= 11 is 0. The quantitative estimate of drug-likeness (QED) is 0.708. The zero-order valence-corrected chi connectivity index (χ0v) is 9.42. The van der Waals surface area contributed by atoms with Crippen LogP contribution in [0.25, 0.3) is 0 Å². The summed E-state index contributed by atoms with van der Waals surface area (Å²) in [6.07, 6.45) is 4.00. The van der Waals surface area contributed by atoms with Gasteiger partial charge in [0, 0.05) is 33.2 Å². The average molecular weight is 215 g/mol. The van der Waals surface area contributed by atoms with Crippen molar-refractivity contribution in [3.8, 4) is 0 Å². The van der Waals surface area contributed by atoms with Crippen molar-refractivity contribution in [1.29, 1.82) is 0 Å². The average Bonchev–Trinajstić information content (AvgIpc) is 2.17. The molecule has 4 heteroatoms. The van der Waals surface area contributed by atoms with E-state index in [9.17, 15) is 5.11 Å². The second kappa shape index (κ2) is 4.37. The van der Waals surface area contributed by atoms with Gasteiger partial charge in [-0.05, 0) is 19.3 Å². The minimum atomic E-state index is -0.574. The molecule has 2 fully saturated rings. The van der Waals surface area contributed by atoms with Crippen LogP contribution in [0.3, 0.4) is 0 Å². The van der Waals surface area contributed by atoms with E-state index in [1.807, 2.05) is 0 Å². The lowest BCUT2D eigenvalue weighted by Gasteiger charge is -2.46. The first-order valence-electron chi connectivity index (χ1n) is 5.74. The molecule has 0 aromatic carbocycles. The topological polar surface area (TPSA) is 50.7 Å². The summed E-state index contributed by atoms with van der Waals surface area (Å²) in [4.78, 5) is 0. The summed E-state index contributed by atoms with van der Waals surface area (Å²) in [5, 5.41) is 13.3. The van der Waals surface area contributed by atoms with Crippen molar-refractivity contribution in [3.05, 3.63) is 0 Å². The third kappa shape index (κ3) is 2.50. The Labute approximate surface area is 90.9 Å². The van der Waals surface area contributed by atoms with Gasteiger partial charge in [-0.1, -0.05) is 0 Å². The molecule has 2 aliphatic heterocycles. The number of β-amino-alcohol motifs (C(OH)–C–C–N with tert-alkyl or cyclic N) is 1. The molecule has 15 heavy (non-hydrogen) atoms. The molecule has 1 atom stereocenters. The minimum Gasteiger partial charge on any atom is -0.387 e. The summed E-state index contributed by atoms with van der Waals surface area (Å²) in [5.41, 5.74) is -0.820. The molecule has 0 aromatic heterocycles. The van der Waals surface area contributed by atoms with Crippen LogP contribution in [-0.2, 0) is 9.47 Å². The van der Waals surface area contributed by atoms with Gasteiger partial charge in [0.25, 0.3) is 0 Å². The molecule has 2 N–H and O–H groups in total. The molecule has 2 rings (SSSR count). The molecule has 2 heterocycles. The summed E-state index contributed by atoms with van der Waals surface area (Å²) in [5.74, 6) is 0. The SMILES string of the molecule is COCC1(CC2(O)CNC2)CCCCO1. The van der Waals surface area contributed by atoms with Crippen molar-refractivity contribution >= 4 is 0 Å². The maximum atomic E-state index is 10.2. The monoisotopic (exact) mass is 215 g/mol. The van der Waals surface area contributed by atoms with E-state index >= 15 is 0 Å². The van der Waals surface area contributed by atoms with E-state index in [1.165, 1.54) is 6.42 Å². The predicted molar refractivity (Wildman–Crippen MR) is 56.8 cm³/mol. The number of hydrogen-bond donors (Lipinski definition) is 2. The molecule has 0 saturated carbocycles. The first-order valence-corrected chi connectivity index (χ1v) is 5.74. The Morgan fingerprint density at radius 1 is 1.40 bits per heavy atom. The minimum absolute atomic E-state index is 0.246. The van der Waals surface area contributed by atoms with Gasteiger partial charge in [-0.3, -0.25) is 0 Å². The third-order valence-corrected chi connectivity index (χ3v) is 3.40. The first kappa shape index (κ1) is 11.3. The van der Waals surface area contributed by atoms with Crippen LogP contribution in [0.2, 0.25) is 0 Å². The highest BCUT2D eigenvalue weighted by molar-refractivity contribution is 5.00. The standard InChI is InChI=1S/C11H21NO3/c1-14-9-11(4-2-3-5-15-11)6-10(13)7-12-8-10/h12-13H,2-9H2,1H3. The summed E-state index contributed by atoms with van der Waals surface area (Å²) in [6.45, 7) is 2.76. The lowest BCUT2D eigenvalue weighted by atomic mass is 9.79. The largest absolute Gasteiger partial charge is 0.387 e. The van der Waals surface area contributed by atoms with Gasteiger partial charge in [-0.2, -0.15) is 0 Å². The van der Waals surface area contributed by atoms with Crippen LogP contribution in [0, 0.1) is 0 Å². The highest BCUT2D eigenvalue weighted by atomic mass is 16.5. The van der Waals surface area contributed by atoms with Crippen LogP contribution in [0.1, 0.15) is 25.7 Å². The van der Waals surface area contributed by atoms with Crippen LogP contribution < -0.4 is 5.32 Å². The van der Waals surface area contributed by atoms with Crippen LogP contribution in [-0.4, -0.2) is 49.7 Å². The first-order chi connectivity index (χ1) is 7.18. The summed E-state index contributed by atoms with van der Waals surface area (Å²) in [7, 11) is 1.70. The van der Waals surface area contributed by atoms with Crippen molar-refractivity contribution in [2.24, 2.45) is 0 Å². The zero-order valence-electron chi connectivity index (χ0n) is 9.42. The molecule has 0 radical (unpaired) electrons. The second-order valence-electron chi connectivity index (χ2n) is 4.93. The molecular weight excluding hydrogens is 194 g/mol. The maximum absolute atomic E-state index is 10.2. The number of ether oxygens (including phenoxy) is 2. The Bertz CT molecular complexity index is 204. The van der Waals surface area contributed by atoms with Gasteiger partial charge >= 0.3 is 0 Å². The summed E-state index contributed by atoms with van der Waals surface area (Å²) < 4.78 is 11.1. The molecule has 0 aliphatic carbocycles. The molecule has 2 saturated heterocycles. The van der Waals surface area contributed by atoms with E-state index in [-0.39, 0.29) is 5.60 Å². The van der Waals surface area contributed by atoms with Gasteiger partial charge in [0.05, 0.1) is 17.8 Å². The Morgan fingerprint density at radius 3 is 2.67 bits per heavy atom. The van der Waals surface area contributed by atoms with E-state index in [1.54, 1.807) is 7.11 Å². The zero-order chi connectivity index (χ0) is 10.8. The number of hydrogen-bond acceptors (Lipinski definition) is 4. The van der Waals surface area contributed by atoms with E-state index in [4.69, 9.17) is 9.47 Å². The molecule has 88 valence electrons. The molecule has 2 aliphatic rings. The van der Waals surface area contributed by atoms with E-state index in [2.05, 4.69) is 5.32 Å². The van der Waals surface area contributed by atoms with Gasteiger partial charge in [0.1, 0.15) is 0 Å². The highest BCUT2D eigenvalue weighted by Crippen LogP contribution is 2.34. The Balaban J connectivity index is 1.97. The van der Waals surface area contributed by atoms with Crippen LogP contribution in [0.15, 0.2) is 0 Å². The van der Waals surface area contributed by atoms with Crippen LogP contribution in [0.4, 0.5) is 0 Å². The van der Waals surface area contributed by atoms with Crippen molar-refractivity contribution in [2.45, 2.75) is 36.9 Å². The molecule has 0 spiro atoms. The predicted octanol–water partition coefficient (Wildman–Crippen LogP) is 0.296. The maximum Gasteiger partial charge on any atom is 0.0943 e. The van der Waals surface area contributed by atoms with Gasteiger partial charge in [-0.15, -0.1) is 0 Å². The summed E-state index contributed by atoms with van der Waals surface area (Å²) in [6, 6.07) is 0. The number of aliphatic hydroxyl groups is 1. The number of methoxy groups -OCH3 is 1. The Hall–Kier alpha value is -0.160. The lowest BCUT2D eigenvalue weighted by Crippen LogP contribution is -2.63. The molecule has 0 bridgehead atoms. The van der Waals surface area contributed by atoms with Gasteiger partial charge in [-0.25, -0.2) is 0 Å². The van der Waals surface area contributed by atoms with Crippen molar-refractivity contribution in [1.82, 2.24) is 5.32 Å². The van der Waals surface area contributed by atoms with Crippen LogP contribution in [0.5, 0.6) is 0 Å². The Morgan fingerprint density at radius 2 is 2.20 bits per heavy atom. The van der Waals surface area contributed by atoms with Crippen molar-refractivity contribution in [2.75, 3.05) is 33.4 Å². The molecule has 4 nitrogen and oxygen atoms in total. The van der Waals surface area contributed by atoms with E-state index in [0.29, 0.717) is 26.1 Å².